The van der Waals surface area contributed by atoms with Crippen LogP contribution in [0.1, 0.15) is 23.2 Å². The van der Waals surface area contributed by atoms with Gasteiger partial charge in [-0.2, -0.15) is 0 Å². The first-order valence-corrected chi connectivity index (χ1v) is 8.63. The Morgan fingerprint density at radius 2 is 1.11 bits per heavy atom. The smallest absolute Gasteiger partial charge is 0.187 e. The van der Waals surface area contributed by atoms with Crippen molar-refractivity contribution in [3.63, 3.8) is 0 Å². The SMILES string of the molecule is O=C(C(c1ccc(F)cc1)n1ccnc1)C(c1ccc(F)cc1)n1ccnc1. The first-order chi connectivity index (χ1) is 13.6. The summed E-state index contributed by atoms with van der Waals surface area (Å²) in [5.41, 5.74) is 1.24. The van der Waals surface area contributed by atoms with Crippen LogP contribution in [0, 0.1) is 11.6 Å². The Balaban J connectivity index is 1.82. The van der Waals surface area contributed by atoms with Crippen LogP contribution in [-0.2, 0) is 4.79 Å². The lowest BCUT2D eigenvalue weighted by atomic mass is 9.93. The highest BCUT2D eigenvalue weighted by Gasteiger charge is 2.31. The van der Waals surface area contributed by atoms with E-state index >= 15 is 0 Å². The summed E-state index contributed by atoms with van der Waals surface area (Å²) in [6, 6.07) is 10.1. The van der Waals surface area contributed by atoms with Crippen LogP contribution < -0.4 is 0 Å². The Labute approximate surface area is 159 Å². The number of rotatable bonds is 6. The van der Waals surface area contributed by atoms with Crippen molar-refractivity contribution < 1.29 is 13.6 Å². The number of benzene rings is 2. The fourth-order valence-corrected chi connectivity index (χ4v) is 3.25. The van der Waals surface area contributed by atoms with E-state index in [9.17, 15) is 13.6 Å². The van der Waals surface area contributed by atoms with Gasteiger partial charge in [-0.15, -0.1) is 0 Å². The van der Waals surface area contributed by atoms with Gasteiger partial charge in [0.15, 0.2) is 5.78 Å². The van der Waals surface area contributed by atoms with E-state index in [0.29, 0.717) is 11.1 Å². The van der Waals surface area contributed by atoms with Crippen LogP contribution in [0.5, 0.6) is 0 Å². The van der Waals surface area contributed by atoms with Crippen LogP contribution in [-0.4, -0.2) is 24.9 Å². The number of nitrogens with zero attached hydrogens (tertiary/aromatic N) is 4. The highest BCUT2D eigenvalue weighted by atomic mass is 19.1. The highest BCUT2D eigenvalue weighted by molar-refractivity contribution is 5.91. The quantitative estimate of drug-likeness (QED) is 0.513. The van der Waals surface area contributed by atoms with E-state index in [4.69, 9.17) is 0 Å². The van der Waals surface area contributed by atoms with E-state index in [1.54, 1.807) is 70.8 Å². The molecular weight excluding hydrogens is 362 g/mol. The number of hydrogen-bond donors (Lipinski definition) is 0. The summed E-state index contributed by atoms with van der Waals surface area (Å²) in [6.45, 7) is 0. The van der Waals surface area contributed by atoms with Crippen LogP contribution in [0.15, 0.2) is 86.0 Å². The summed E-state index contributed by atoms with van der Waals surface area (Å²) >= 11 is 0. The number of imidazole rings is 2. The van der Waals surface area contributed by atoms with E-state index in [-0.39, 0.29) is 17.4 Å². The van der Waals surface area contributed by atoms with Crippen molar-refractivity contribution in [2.45, 2.75) is 12.1 Å². The lowest BCUT2D eigenvalue weighted by Gasteiger charge is -2.25. The number of carbonyl (C=O) groups excluding carboxylic acids is 1. The summed E-state index contributed by atoms with van der Waals surface area (Å²) in [5, 5.41) is 0. The van der Waals surface area contributed by atoms with E-state index in [2.05, 4.69) is 9.97 Å². The Hall–Kier alpha value is -3.61. The molecule has 2 aromatic carbocycles. The Morgan fingerprint density at radius 1 is 0.714 bits per heavy atom. The molecule has 0 amide bonds. The van der Waals surface area contributed by atoms with Crippen molar-refractivity contribution in [2.75, 3.05) is 0 Å². The van der Waals surface area contributed by atoms with Crippen molar-refractivity contribution in [2.24, 2.45) is 0 Å². The molecular formula is C21H16F2N4O. The molecule has 0 N–H and O–H groups in total. The third-order valence-corrected chi connectivity index (χ3v) is 4.56. The second-order valence-corrected chi connectivity index (χ2v) is 6.33. The van der Waals surface area contributed by atoms with Gasteiger partial charge in [0.25, 0.3) is 0 Å². The molecule has 0 saturated carbocycles. The predicted molar refractivity (Wildman–Crippen MR) is 98.5 cm³/mol. The largest absolute Gasteiger partial charge is 0.323 e. The van der Waals surface area contributed by atoms with Gasteiger partial charge >= 0.3 is 0 Å². The van der Waals surface area contributed by atoms with Gasteiger partial charge in [-0.05, 0) is 35.4 Å². The van der Waals surface area contributed by atoms with Crippen molar-refractivity contribution in [1.29, 1.82) is 0 Å². The molecule has 5 nitrogen and oxygen atoms in total. The average molecular weight is 378 g/mol. The normalized spacial score (nSPS) is 13.2. The molecule has 2 aromatic heterocycles. The minimum atomic E-state index is -0.736. The first kappa shape index (κ1) is 17.8. The fourth-order valence-electron chi connectivity index (χ4n) is 3.25. The minimum Gasteiger partial charge on any atom is -0.323 e. The maximum atomic E-state index is 13.7. The number of aromatic nitrogens is 4. The molecule has 2 atom stereocenters. The van der Waals surface area contributed by atoms with Gasteiger partial charge in [0, 0.05) is 24.8 Å². The molecule has 140 valence electrons. The van der Waals surface area contributed by atoms with Crippen molar-refractivity contribution in [1.82, 2.24) is 19.1 Å². The molecule has 4 rings (SSSR count). The Bertz CT molecular complexity index is 957. The molecule has 0 aliphatic rings. The van der Waals surface area contributed by atoms with Crippen LogP contribution in [0.2, 0.25) is 0 Å². The monoisotopic (exact) mass is 378 g/mol. The van der Waals surface area contributed by atoms with Gasteiger partial charge in [-0.25, -0.2) is 18.7 Å². The second-order valence-electron chi connectivity index (χ2n) is 6.33. The molecule has 0 aliphatic heterocycles. The zero-order valence-corrected chi connectivity index (χ0v) is 14.7. The molecule has 0 bridgehead atoms. The number of halogens is 2. The molecule has 4 aromatic rings. The van der Waals surface area contributed by atoms with Gasteiger partial charge in [-0.1, -0.05) is 24.3 Å². The van der Waals surface area contributed by atoms with Crippen molar-refractivity contribution in [3.05, 3.63) is 109 Å². The zero-order valence-electron chi connectivity index (χ0n) is 14.7. The zero-order chi connectivity index (χ0) is 19.5. The van der Waals surface area contributed by atoms with E-state index in [0.717, 1.165) is 0 Å². The van der Waals surface area contributed by atoms with Gasteiger partial charge < -0.3 is 9.13 Å². The summed E-state index contributed by atoms with van der Waals surface area (Å²) in [4.78, 5) is 21.8. The molecule has 2 heterocycles. The summed E-state index contributed by atoms with van der Waals surface area (Å²) in [5.74, 6) is -0.954. The number of hydrogen-bond acceptors (Lipinski definition) is 3. The van der Waals surface area contributed by atoms with Gasteiger partial charge in [0.2, 0.25) is 0 Å². The third-order valence-electron chi connectivity index (χ3n) is 4.56. The van der Waals surface area contributed by atoms with Crippen molar-refractivity contribution >= 4 is 5.78 Å². The number of Topliss-reactive ketones (excluding diaryl/α,β-unsaturated/α-hetero) is 1. The van der Waals surface area contributed by atoms with Gasteiger partial charge in [0.1, 0.15) is 23.7 Å². The summed E-state index contributed by atoms with van der Waals surface area (Å²) in [7, 11) is 0. The molecule has 0 saturated heterocycles. The topological polar surface area (TPSA) is 52.7 Å². The van der Waals surface area contributed by atoms with Gasteiger partial charge in [-0.3, -0.25) is 4.79 Å². The van der Waals surface area contributed by atoms with E-state index < -0.39 is 12.1 Å². The predicted octanol–water partition coefficient (Wildman–Crippen LogP) is 3.81. The van der Waals surface area contributed by atoms with Crippen LogP contribution in [0.25, 0.3) is 0 Å². The van der Waals surface area contributed by atoms with Crippen LogP contribution in [0.4, 0.5) is 8.78 Å². The Kier molecular flexibility index (Phi) is 4.80. The fraction of sp³-hybridized carbons (Fsp3) is 0.0952. The lowest BCUT2D eigenvalue weighted by molar-refractivity contribution is -0.123. The molecule has 2 unspecified atom stereocenters. The second kappa shape index (κ2) is 7.56. The maximum absolute atomic E-state index is 13.7. The summed E-state index contributed by atoms with van der Waals surface area (Å²) in [6.07, 6.45) is 9.61. The Morgan fingerprint density at radius 3 is 1.43 bits per heavy atom. The highest BCUT2D eigenvalue weighted by Crippen LogP contribution is 2.29. The van der Waals surface area contributed by atoms with Crippen molar-refractivity contribution in [3.8, 4) is 0 Å². The molecule has 7 heteroatoms. The molecule has 0 radical (unpaired) electrons. The average Bonchev–Trinajstić information content (AvgIpc) is 3.40. The van der Waals surface area contributed by atoms with Gasteiger partial charge in [0.05, 0.1) is 12.7 Å². The third kappa shape index (κ3) is 3.46. The molecule has 0 spiro atoms. The number of carbonyl (C=O) groups is 1. The number of ketones is 1. The first-order valence-electron chi connectivity index (χ1n) is 8.63. The minimum absolute atomic E-state index is 0.186. The molecule has 28 heavy (non-hydrogen) atoms. The van der Waals surface area contributed by atoms with Crippen LogP contribution >= 0.6 is 0 Å². The van der Waals surface area contributed by atoms with Crippen LogP contribution in [0.3, 0.4) is 0 Å². The summed E-state index contributed by atoms with van der Waals surface area (Å²) < 4.78 is 30.2. The standard InChI is InChI=1S/C21H16F2N4O/c22-17-5-1-15(2-6-17)19(26-11-9-24-13-26)21(28)20(27-12-10-25-14-27)16-3-7-18(23)8-4-16/h1-14,19-20H. The molecule has 0 fully saturated rings. The maximum Gasteiger partial charge on any atom is 0.187 e. The van der Waals surface area contributed by atoms with E-state index in [1.165, 1.54) is 24.3 Å². The molecule has 0 aliphatic carbocycles. The lowest BCUT2D eigenvalue weighted by Crippen LogP contribution is -2.29. The van der Waals surface area contributed by atoms with E-state index in [1.807, 2.05) is 0 Å².